The fourth-order valence-electron chi connectivity index (χ4n) is 0.938. The van der Waals surface area contributed by atoms with Crippen molar-refractivity contribution in [2.75, 3.05) is 12.3 Å². The third-order valence-corrected chi connectivity index (χ3v) is 1.92. The van der Waals surface area contributed by atoms with Crippen molar-refractivity contribution in [1.29, 1.82) is 0 Å². The second kappa shape index (κ2) is 5.17. The smallest absolute Gasteiger partial charge is 0.0635 e. The second-order valence-electron chi connectivity index (χ2n) is 2.60. The maximum Gasteiger partial charge on any atom is 0.0635 e. The van der Waals surface area contributed by atoms with Gasteiger partial charge in [0.15, 0.2) is 0 Å². The fraction of sp³-hybridized carbons (Fsp3) is 0.111. The monoisotopic (exact) mass is 208 g/mol. The number of halogens is 1. The Bertz CT molecular complexity index is 394. The largest absolute Gasteiger partial charge is 0.398 e. The first kappa shape index (κ1) is 10.4. The van der Waals surface area contributed by atoms with Crippen molar-refractivity contribution in [3.63, 3.8) is 0 Å². The normalized spacial score (nSPS) is 10.1. The summed E-state index contributed by atoms with van der Waals surface area (Å²) >= 11 is 5.75. The summed E-state index contributed by atoms with van der Waals surface area (Å²) in [6.07, 6.45) is 3.57. The summed E-state index contributed by atoms with van der Waals surface area (Å²) in [5.41, 5.74) is 15.1. The molecule has 72 valence electrons. The van der Waals surface area contributed by atoms with Crippen molar-refractivity contribution >= 4 is 23.4 Å². The van der Waals surface area contributed by atoms with E-state index in [0.29, 0.717) is 17.3 Å². The molecule has 14 heavy (non-hydrogen) atoms. The summed E-state index contributed by atoms with van der Waals surface area (Å²) < 4.78 is 0. The average Bonchev–Trinajstić information content (AvgIpc) is 2.18. The molecule has 0 aromatic heterocycles. The molecule has 0 fully saturated rings. The molecule has 2 N–H and O–H groups in total. The van der Waals surface area contributed by atoms with Crippen LogP contribution in [0.4, 0.5) is 5.69 Å². The second-order valence-corrected chi connectivity index (χ2v) is 3.00. The van der Waals surface area contributed by atoms with E-state index < -0.39 is 0 Å². The van der Waals surface area contributed by atoms with Crippen molar-refractivity contribution in [1.82, 2.24) is 0 Å². The number of benzene rings is 1. The molecule has 5 heteroatoms. The standard InChI is InChI=1S/C9H9ClN4/c10-8-4-3-7(6-9(8)11)2-1-5-13-14-12/h1-4,6H,5,11H2. The van der Waals surface area contributed by atoms with Gasteiger partial charge < -0.3 is 5.73 Å². The molecule has 1 aromatic carbocycles. The molecule has 0 heterocycles. The Kier molecular flexibility index (Phi) is 3.85. The van der Waals surface area contributed by atoms with Gasteiger partial charge in [-0.15, -0.1) is 0 Å². The lowest BCUT2D eigenvalue weighted by Crippen LogP contribution is -1.86. The first-order valence-corrected chi connectivity index (χ1v) is 4.34. The number of nitrogen functional groups attached to an aromatic ring is 1. The van der Waals surface area contributed by atoms with Crippen molar-refractivity contribution < 1.29 is 0 Å². The molecule has 0 aliphatic carbocycles. The van der Waals surface area contributed by atoms with E-state index in [1.807, 2.05) is 12.1 Å². The highest BCUT2D eigenvalue weighted by molar-refractivity contribution is 6.33. The van der Waals surface area contributed by atoms with Gasteiger partial charge in [0.25, 0.3) is 0 Å². The van der Waals surface area contributed by atoms with Crippen LogP contribution >= 0.6 is 11.6 Å². The maximum atomic E-state index is 8.03. The number of hydrogen-bond acceptors (Lipinski definition) is 2. The molecule has 0 unspecified atom stereocenters. The molecule has 1 rings (SSSR count). The van der Waals surface area contributed by atoms with Crippen LogP contribution in [-0.4, -0.2) is 6.54 Å². The quantitative estimate of drug-likeness (QED) is 0.352. The number of anilines is 1. The molecule has 0 atom stereocenters. The molecule has 0 spiro atoms. The minimum absolute atomic E-state index is 0.332. The molecular formula is C9H9ClN4. The predicted molar refractivity (Wildman–Crippen MR) is 58.9 cm³/mol. The molecular weight excluding hydrogens is 200 g/mol. The van der Waals surface area contributed by atoms with Crippen LogP contribution in [0.3, 0.4) is 0 Å². The third kappa shape index (κ3) is 3.01. The highest BCUT2D eigenvalue weighted by Gasteiger charge is 1.94. The van der Waals surface area contributed by atoms with Gasteiger partial charge in [-0.3, -0.25) is 0 Å². The van der Waals surface area contributed by atoms with Crippen LogP contribution < -0.4 is 5.73 Å². The van der Waals surface area contributed by atoms with Gasteiger partial charge in [0.05, 0.1) is 10.7 Å². The molecule has 0 aliphatic heterocycles. The molecule has 0 saturated carbocycles. The Balaban J connectivity index is 2.72. The van der Waals surface area contributed by atoms with Gasteiger partial charge >= 0.3 is 0 Å². The highest BCUT2D eigenvalue weighted by atomic mass is 35.5. The fourth-order valence-corrected chi connectivity index (χ4v) is 1.06. The SMILES string of the molecule is [N-]=[N+]=NCC=Cc1ccc(Cl)c(N)c1. The van der Waals surface area contributed by atoms with E-state index in [1.54, 1.807) is 18.2 Å². The topological polar surface area (TPSA) is 74.8 Å². The van der Waals surface area contributed by atoms with E-state index in [1.165, 1.54) is 0 Å². The van der Waals surface area contributed by atoms with Gasteiger partial charge in [0.1, 0.15) is 0 Å². The van der Waals surface area contributed by atoms with Crippen molar-refractivity contribution in [2.45, 2.75) is 0 Å². The predicted octanol–water partition coefficient (Wildman–Crippen LogP) is 3.25. The lowest BCUT2D eigenvalue weighted by atomic mass is 10.2. The number of nitrogens with two attached hydrogens (primary N) is 1. The first-order chi connectivity index (χ1) is 6.74. The van der Waals surface area contributed by atoms with Crippen LogP contribution in [0.25, 0.3) is 16.5 Å². The van der Waals surface area contributed by atoms with Crippen molar-refractivity contribution in [3.05, 3.63) is 45.3 Å². The minimum Gasteiger partial charge on any atom is -0.398 e. The van der Waals surface area contributed by atoms with E-state index in [2.05, 4.69) is 10.0 Å². The van der Waals surface area contributed by atoms with Crippen LogP contribution in [0.2, 0.25) is 5.02 Å². The van der Waals surface area contributed by atoms with E-state index in [-0.39, 0.29) is 0 Å². The van der Waals surface area contributed by atoms with Crippen LogP contribution in [0.15, 0.2) is 29.4 Å². The Hall–Kier alpha value is -1.64. The summed E-state index contributed by atoms with van der Waals surface area (Å²) in [5, 5.41) is 3.90. The summed E-state index contributed by atoms with van der Waals surface area (Å²) in [4.78, 5) is 2.63. The van der Waals surface area contributed by atoms with Crippen molar-refractivity contribution in [2.24, 2.45) is 5.11 Å². The first-order valence-electron chi connectivity index (χ1n) is 3.96. The van der Waals surface area contributed by atoms with Gasteiger partial charge in [-0.2, -0.15) is 0 Å². The summed E-state index contributed by atoms with van der Waals surface area (Å²) in [5.74, 6) is 0. The zero-order chi connectivity index (χ0) is 10.4. The molecule has 1 aromatic rings. The van der Waals surface area contributed by atoms with E-state index in [0.717, 1.165) is 5.56 Å². The molecule has 0 amide bonds. The molecule has 0 saturated heterocycles. The highest BCUT2D eigenvalue weighted by Crippen LogP contribution is 2.19. The Morgan fingerprint density at radius 2 is 2.36 bits per heavy atom. The van der Waals surface area contributed by atoms with E-state index in [9.17, 15) is 0 Å². The van der Waals surface area contributed by atoms with Gasteiger partial charge in [-0.05, 0) is 23.2 Å². The van der Waals surface area contributed by atoms with Crippen LogP contribution in [0.1, 0.15) is 5.56 Å². The number of nitrogens with zero attached hydrogens (tertiary/aromatic N) is 3. The lowest BCUT2D eigenvalue weighted by Gasteiger charge is -1.98. The minimum atomic E-state index is 0.332. The van der Waals surface area contributed by atoms with Crippen molar-refractivity contribution in [3.8, 4) is 0 Å². The zero-order valence-corrected chi connectivity index (χ0v) is 8.15. The third-order valence-electron chi connectivity index (χ3n) is 1.58. The molecule has 4 nitrogen and oxygen atoms in total. The Labute approximate surface area is 86.6 Å². The molecule has 0 aliphatic rings. The average molecular weight is 209 g/mol. The van der Waals surface area contributed by atoms with Crippen LogP contribution in [0.5, 0.6) is 0 Å². The lowest BCUT2D eigenvalue weighted by molar-refractivity contribution is 1.22. The number of hydrogen-bond donors (Lipinski definition) is 1. The number of azide groups is 1. The van der Waals surface area contributed by atoms with Crippen LogP contribution in [-0.2, 0) is 0 Å². The van der Waals surface area contributed by atoms with Gasteiger partial charge in [-0.1, -0.05) is 34.9 Å². The summed E-state index contributed by atoms with van der Waals surface area (Å²) in [7, 11) is 0. The van der Waals surface area contributed by atoms with Gasteiger partial charge in [-0.25, -0.2) is 0 Å². The maximum absolute atomic E-state index is 8.03. The summed E-state index contributed by atoms with van der Waals surface area (Å²) in [6, 6.07) is 5.32. The zero-order valence-electron chi connectivity index (χ0n) is 7.39. The van der Waals surface area contributed by atoms with E-state index in [4.69, 9.17) is 22.9 Å². The summed E-state index contributed by atoms with van der Waals surface area (Å²) in [6.45, 7) is 0.332. The van der Waals surface area contributed by atoms with Crippen LogP contribution in [0, 0.1) is 0 Å². The van der Waals surface area contributed by atoms with Gasteiger partial charge in [0.2, 0.25) is 0 Å². The van der Waals surface area contributed by atoms with E-state index >= 15 is 0 Å². The Morgan fingerprint density at radius 3 is 3.00 bits per heavy atom. The van der Waals surface area contributed by atoms with Gasteiger partial charge in [0, 0.05) is 11.5 Å². The number of rotatable bonds is 3. The molecule has 0 bridgehead atoms. The Morgan fingerprint density at radius 1 is 1.57 bits per heavy atom. The molecule has 0 radical (unpaired) electrons.